The summed E-state index contributed by atoms with van der Waals surface area (Å²) in [5, 5.41) is 3.50. The fraction of sp³-hybridized carbons (Fsp3) is 0.235. The molecular weight excluding hydrogens is 286 g/mol. The smallest absolute Gasteiger partial charge is 0.251 e. The maximum absolute atomic E-state index is 12.1. The van der Waals surface area contributed by atoms with Crippen LogP contribution in [-0.4, -0.2) is 12.0 Å². The molecule has 0 saturated heterocycles. The molecule has 0 heterocycles. The van der Waals surface area contributed by atoms with E-state index < -0.39 is 0 Å². The van der Waals surface area contributed by atoms with E-state index in [-0.39, 0.29) is 12.0 Å². The minimum absolute atomic E-state index is 0.116. The third kappa shape index (κ3) is 4.50. The number of hydrogen-bond donors (Lipinski definition) is 1. The number of amides is 1. The molecule has 2 aromatic rings. The van der Waals surface area contributed by atoms with Crippen molar-refractivity contribution >= 4 is 17.5 Å². The van der Waals surface area contributed by atoms with Crippen molar-refractivity contribution in [1.82, 2.24) is 5.32 Å². The first kappa shape index (κ1) is 15.4. The van der Waals surface area contributed by atoms with Crippen LogP contribution in [0.25, 0.3) is 0 Å². The van der Waals surface area contributed by atoms with Gasteiger partial charge in [-0.15, -0.1) is 0 Å². The van der Waals surface area contributed by atoms with Crippen molar-refractivity contribution in [3.63, 3.8) is 0 Å². The zero-order chi connectivity index (χ0) is 15.2. The number of ether oxygens (including phenoxy) is 1. The Morgan fingerprint density at radius 2 is 1.81 bits per heavy atom. The number of benzene rings is 2. The van der Waals surface area contributed by atoms with Gasteiger partial charge in [-0.05, 0) is 49.7 Å². The Bertz CT molecular complexity index is 608. The lowest BCUT2D eigenvalue weighted by Gasteiger charge is -2.10. The summed E-state index contributed by atoms with van der Waals surface area (Å²) in [6.07, 6.45) is 0.116. The summed E-state index contributed by atoms with van der Waals surface area (Å²) in [6.45, 7) is 4.33. The molecule has 0 saturated carbocycles. The predicted octanol–water partition coefficient (Wildman–Crippen LogP) is 4.06. The second-order valence-electron chi connectivity index (χ2n) is 4.97. The van der Waals surface area contributed by atoms with Crippen molar-refractivity contribution < 1.29 is 9.53 Å². The average Bonchev–Trinajstić information content (AvgIpc) is 2.46. The lowest BCUT2D eigenvalue weighted by molar-refractivity contribution is 0.0951. The number of carbonyl (C=O) groups is 1. The number of nitrogens with one attached hydrogen (secondary N) is 1. The van der Waals surface area contributed by atoms with Gasteiger partial charge in [-0.3, -0.25) is 4.79 Å². The van der Waals surface area contributed by atoms with Gasteiger partial charge in [0.25, 0.3) is 5.91 Å². The molecule has 2 rings (SSSR count). The highest BCUT2D eigenvalue weighted by atomic mass is 35.5. The Balaban J connectivity index is 1.96. The molecule has 0 aliphatic rings. The van der Waals surface area contributed by atoms with Gasteiger partial charge in [0.15, 0.2) is 0 Å². The molecule has 1 amide bonds. The highest BCUT2D eigenvalue weighted by Gasteiger charge is 2.07. The Morgan fingerprint density at radius 1 is 1.14 bits per heavy atom. The van der Waals surface area contributed by atoms with Gasteiger partial charge in [0.2, 0.25) is 0 Å². The van der Waals surface area contributed by atoms with E-state index in [9.17, 15) is 4.79 Å². The summed E-state index contributed by atoms with van der Waals surface area (Å²) in [7, 11) is 0. The molecule has 0 aromatic heterocycles. The molecule has 0 unspecified atom stereocenters. The number of rotatable bonds is 5. The number of carbonyl (C=O) groups excluding carboxylic acids is 1. The fourth-order valence-electron chi connectivity index (χ4n) is 1.88. The summed E-state index contributed by atoms with van der Waals surface area (Å²) in [4.78, 5) is 12.1. The minimum atomic E-state index is -0.133. The van der Waals surface area contributed by atoms with Crippen molar-refractivity contribution in [2.45, 2.75) is 26.5 Å². The van der Waals surface area contributed by atoms with Crippen LogP contribution in [0.5, 0.6) is 5.75 Å². The van der Waals surface area contributed by atoms with Crippen LogP contribution >= 0.6 is 11.6 Å². The van der Waals surface area contributed by atoms with Gasteiger partial charge in [0, 0.05) is 17.1 Å². The normalized spacial score (nSPS) is 10.5. The first-order chi connectivity index (χ1) is 10.1. The van der Waals surface area contributed by atoms with Crippen LogP contribution < -0.4 is 10.1 Å². The highest BCUT2D eigenvalue weighted by Crippen LogP contribution is 2.16. The molecule has 0 aliphatic carbocycles. The fourth-order valence-corrected chi connectivity index (χ4v) is 2.08. The van der Waals surface area contributed by atoms with Crippen LogP contribution in [0, 0.1) is 0 Å². The lowest BCUT2D eigenvalue weighted by Crippen LogP contribution is -2.22. The molecule has 3 nitrogen and oxygen atoms in total. The summed E-state index contributed by atoms with van der Waals surface area (Å²) in [6, 6.07) is 14.5. The maximum Gasteiger partial charge on any atom is 0.251 e. The third-order valence-electron chi connectivity index (χ3n) is 2.89. The van der Waals surface area contributed by atoms with Gasteiger partial charge in [-0.1, -0.05) is 29.8 Å². The highest BCUT2D eigenvalue weighted by molar-refractivity contribution is 6.31. The topological polar surface area (TPSA) is 38.3 Å². The van der Waals surface area contributed by atoms with Crippen molar-refractivity contribution in [2.75, 3.05) is 0 Å². The quantitative estimate of drug-likeness (QED) is 0.904. The number of halogens is 1. The van der Waals surface area contributed by atoms with Crippen LogP contribution in [0.1, 0.15) is 29.8 Å². The average molecular weight is 304 g/mol. The third-order valence-corrected chi connectivity index (χ3v) is 3.25. The van der Waals surface area contributed by atoms with E-state index in [1.165, 1.54) is 0 Å². The molecule has 0 aliphatic heterocycles. The molecule has 1 N–H and O–H groups in total. The van der Waals surface area contributed by atoms with Crippen LogP contribution in [0.4, 0.5) is 0 Å². The van der Waals surface area contributed by atoms with Crippen molar-refractivity contribution in [2.24, 2.45) is 0 Å². The molecule has 0 radical (unpaired) electrons. The molecule has 0 bridgehead atoms. The minimum Gasteiger partial charge on any atom is -0.491 e. The summed E-state index contributed by atoms with van der Waals surface area (Å²) < 4.78 is 5.54. The Labute approximate surface area is 129 Å². The Kier molecular flexibility index (Phi) is 5.23. The van der Waals surface area contributed by atoms with E-state index in [2.05, 4.69) is 5.32 Å². The largest absolute Gasteiger partial charge is 0.491 e. The maximum atomic E-state index is 12.1. The molecular formula is C17H18ClNO2. The summed E-state index contributed by atoms with van der Waals surface area (Å²) in [5.41, 5.74) is 1.49. The Hall–Kier alpha value is -2.00. The molecule has 4 heteroatoms. The van der Waals surface area contributed by atoms with Gasteiger partial charge in [0.05, 0.1) is 6.10 Å². The van der Waals surface area contributed by atoms with Crippen LogP contribution in [0.15, 0.2) is 48.5 Å². The zero-order valence-corrected chi connectivity index (χ0v) is 12.9. The van der Waals surface area contributed by atoms with Crippen molar-refractivity contribution in [3.05, 3.63) is 64.7 Å². The molecule has 110 valence electrons. The van der Waals surface area contributed by atoms with E-state index in [4.69, 9.17) is 16.3 Å². The van der Waals surface area contributed by atoms with E-state index >= 15 is 0 Å². The van der Waals surface area contributed by atoms with E-state index in [1.807, 2.05) is 32.0 Å². The van der Waals surface area contributed by atoms with Gasteiger partial charge < -0.3 is 10.1 Å². The van der Waals surface area contributed by atoms with E-state index in [1.54, 1.807) is 30.3 Å². The van der Waals surface area contributed by atoms with Gasteiger partial charge in [-0.2, -0.15) is 0 Å². The SMILES string of the molecule is CC(C)Oc1ccc(C(=O)NCc2ccccc2Cl)cc1. The van der Waals surface area contributed by atoms with Gasteiger partial charge in [-0.25, -0.2) is 0 Å². The second kappa shape index (κ2) is 7.14. The van der Waals surface area contributed by atoms with Crippen LogP contribution in [0.2, 0.25) is 5.02 Å². The lowest BCUT2D eigenvalue weighted by atomic mass is 10.2. The first-order valence-electron chi connectivity index (χ1n) is 6.84. The molecule has 0 fully saturated rings. The van der Waals surface area contributed by atoms with Gasteiger partial charge >= 0.3 is 0 Å². The van der Waals surface area contributed by atoms with Gasteiger partial charge in [0.1, 0.15) is 5.75 Å². The second-order valence-corrected chi connectivity index (χ2v) is 5.37. The summed E-state index contributed by atoms with van der Waals surface area (Å²) >= 11 is 6.06. The van der Waals surface area contributed by atoms with E-state index in [0.29, 0.717) is 17.1 Å². The molecule has 21 heavy (non-hydrogen) atoms. The summed E-state index contributed by atoms with van der Waals surface area (Å²) in [5.74, 6) is 0.624. The number of hydrogen-bond acceptors (Lipinski definition) is 2. The van der Waals surface area contributed by atoms with Crippen molar-refractivity contribution in [3.8, 4) is 5.75 Å². The molecule has 0 atom stereocenters. The predicted molar refractivity (Wildman–Crippen MR) is 84.8 cm³/mol. The Morgan fingerprint density at radius 3 is 2.43 bits per heavy atom. The first-order valence-corrected chi connectivity index (χ1v) is 7.22. The standard InChI is InChI=1S/C17H18ClNO2/c1-12(2)21-15-9-7-13(8-10-15)17(20)19-11-14-5-3-4-6-16(14)18/h3-10,12H,11H2,1-2H3,(H,19,20). The van der Waals surface area contributed by atoms with Crippen LogP contribution in [0.3, 0.4) is 0 Å². The monoisotopic (exact) mass is 303 g/mol. The van der Waals surface area contributed by atoms with Crippen LogP contribution in [-0.2, 0) is 6.54 Å². The van der Waals surface area contributed by atoms with Crippen molar-refractivity contribution in [1.29, 1.82) is 0 Å². The van der Waals surface area contributed by atoms with E-state index in [0.717, 1.165) is 11.3 Å². The zero-order valence-electron chi connectivity index (χ0n) is 12.1. The molecule has 2 aromatic carbocycles. The molecule has 0 spiro atoms.